The number of esters is 1. The smallest absolute Gasteiger partial charge is 0.360 e. The average molecular weight is 264 g/mol. The van der Waals surface area contributed by atoms with Crippen LogP contribution < -0.4 is 0 Å². The van der Waals surface area contributed by atoms with Crippen molar-refractivity contribution >= 4 is 5.97 Å². The fraction of sp³-hybridized carbons (Fsp3) is 0.500. The van der Waals surface area contributed by atoms with Crippen molar-refractivity contribution in [1.29, 1.82) is 0 Å². The summed E-state index contributed by atoms with van der Waals surface area (Å²) in [5, 5.41) is 11.5. The summed E-state index contributed by atoms with van der Waals surface area (Å²) in [6.45, 7) is 4.51. The summed E-state index contributed by atoms with van der Waals surface area (Å²) in [6.07, 6.45) is 3.16. The van der Waals surface area contributed by atoms with Gasteiger partial charge >= 0.3 is 5.97 Å². The van der Waals surface area contributed by atoms with E-state index in [1.54, 1.807) is 23.9 Å². The Balaban J connectivity index is 2.25. The molecule has 0 aromatic carbocycles. The highest BCUT2D eigenvalue weighted by molar-refractivity contribution is 5.88. The predicted octanol–water partition coefficient (Wildman–Crippen LogP) is 1.44. The summed E-state index contributed by atoms with van der Waals surface area (Å²) in [5.41, 5.74) is 1.04. The van der Waals surface area contributed by atoms with Gasteiger partial charge in [-0.25, -0.2) is 9.48 Å². The molecule has 2 aromatic rings. The summed E-state index contributed by atoms with van der Waals surface area (Å²) < 4.78 is 11.7. The lowest BCUT2D eigenvalue weighted by molar-refractivity contribution is 0.0518. The fourth-order valence-corrected chi connectivity index (χ4v) is 1.77. The van der Waals surface area contributed by atoms with Crippen molar-refractivity contribution in [1.82, 2.24) is 20.2 Å². The largest absolute Gasteiger partial charge is 0.461 e. The molecule has 2 heterocycles. The van der Waals surface area contributed by atoms with E-state index in [-0.39, 0.29) is 5.69 Å². The number of hydrogen-bond acceptors (Lipinski definition) is 6. The van der Waals surface area contributed by atoms with E-state index in [1.165, 1.54) is 0 Å². The quantitative estimate of drug-likeness (QED) is 0.734. The molecule has 2 rings (SSSR count). The van der Waals surface area contributed by atoms with Crippen LogP contribution in [-0.2, 0) is 17.7 Å². The monoisotopic (exact) mass is 264 g/mol. The van der Waals surface area contributed by atoms with Crippen LogP contribution in [0.15, 0.2) is 16.8 Å². The maximum absolute atomic E-state index is 11.8. The standard InChI is InChI=1S/C12H16N4O3/c1-3-5-10-11(12(17)18-4-2)14-15-16(10)8-9-6-7-13-19-9/h6-7H,3-5,8H2,1-2H3. The van der Waals surface area contributed by atoms with Gasteiger partial charge in [0.2, 0.25) is 0 Å². The van der Waals surface area contributed by atoms with Crippen LogP contribution in [0.25, 0.3) is 0 Å². The zero-order valence-corrected chi connectivity index (χ0v) is 11.0. The number of carbonyl (C=O) groups excluding carboxylic acids is 1. The van der Waals surface area contributed by atoms with Crippen molar-refractivity contribution in [2.45, 2.75) is 33.2 Å². The molecular weight excluding hydrogens is 248 g/mol. The molecule has 0 atom stereocenters. The Morgan fingerprint density at radius 3 is 2.95 bits per heavy atom. The molecule has 7 heteroatoms. The lowest BCUT2D eigenvalue weighted by Crippen LogP contribution is -2.11. The van der Waals surface area contributed by atoms with E-state index in [9.17, 15) is 4.79 Å². The second kappa shape index (κ2) is 6.12. The SMILES string of the molecule is CCCc1c(C(=O)OCC)nnn1Cc1ccno1. The average Bonchev–Trinajstić information content (AvgIpc) is 3.02. The van der Waals surface area contributed by atoms with E-state index in [0.29, 0.717) is 25.3 Å². The molecule has 0 amide bonds. The molecule has 0 fully saturated rings. The van der Waals surface area contributed by atoms with E-state index in [0.717, 1.165) is 12.1 Å². The van der Waals surface area contributed by atoms with Crippen molar-refractivity contribution in [3.05, 3.63) is 29.4 Å². The van der Waals surface area contributed by atoms with Gasteiger partial charge in [-0.1, -0.05) is 23.7 Å². The molecule has 7 nitrogen and oxygen atoms in total. The van der Waals surface area contributed by atoms with Gasteiger partial charge in [0.05, 0.1) is 18.5 Å². The normalized spacial score (nSPS) is 10.6. The third-order valence-electron chi connectivity index (χ3n) is 2.59. The molecule has 2 aromatic heterocycles. The van der Waals surface area contributed by atoms with Gasteiger partial charge in [0.25, 0.3) is 0 Å². The van der Waals surface area contributed by atoms with E-state index >= 15 is 0 Å². The number of carbonyl (C=O) groups is 1. The predicted molar refractivity (Wildman–Crippen MR) is 65.6 cm³/mol. The molecule has 0 bridgehead atoms. The molecule has 19 heavy (non-hydrogen) atoms. The van der Waals surface area contributed by atoms with Crippen LogP contribution >= 0.6 is 0 Å². The third-order valence-corrected chi connectivity index (χ3v) is 2.59. The first kappa shape index (κ1) is 13.3. The highest BCUT2D eigenvalue weighted by Crippen LogP contribution is 2.12. The van der Waals surface area contributed by atoms with Gasteiger partial charge < -0.3 is 9.26 Å². The Morgan fingerprint density at radius 2 is 2.32 bits per heavy atom. The lowest BCUT2D eigenvalue weighted by Gasteiger charge is -2.05. The Kier molecular flexibility index (Phi) is 4.27. The van der Waals surface area contributed by atoms with E-state index in [2.05, 4.69) is 15.5 Å². The van der Waals surface area contributed by atoms with Crippen LogP contribution in [0.5, 0.6) is 0 Å². The molecule has 0 saturated carbocycles. The molecule has 0 unspecified atom stereocenters. The van der Waals surface area contributed by atoms with Crippen LogP contribution in [0.2, 0.25) is 0 Å². The first-order chi connectivity index (χ1) is 9.26. The molecule has 0 spiro atoms. The maximum atomic E-state index is 11.8. The van der Waals surface area contributed by atoms with Gasteiger partial charge in [-0.2, -0.15) is 0 Å². The van der Waals surface area contributed by atoms with Gasteiger partial charge in [-0.3, -0.25) is 0 Å². The highest BCUT2D eigenvalue weighted by atomic mass is 16.5. The molecule has 0 N–H and O–H groups in total. The zero-order chi connectivity index (χ0) is 13.7. The topological polar surface area (TPSA) is 83.0 Å². The summed E-state index contributed by atoms with van der Waals surface area (Å²) >= 11 is 0. The summed E-state index contributed by atoms with van der Waals surface area (Å²) in [6, 6.07) is 1.75. The highest BCUT2D eigenvalue weighted by Gasteiger charge is 2.20. The molecule has 0 aliphatic heterocycles. The lowest BCUT2D eigenvalue weighted by atomic mass is 10.2. The molecule has 0 saturated heterocycles. The van der Waals surface area contributed by atoms with Crippen molar-refractivity contribution in [2.24, 2.45) is 0 Å². The number of nitrogens with zero attached hydrogens (tertiary/aromatic N) is 4. The summed E-state index contributed by atoms with van der Waals surface area (Å²) in [7, 11) is 0. The Bertz CT molecular complexity index is 533. The minimum absolute atomic E-state index is 0.281. The van der Waals surface area contributed by atoms with Gasteiger partial charge in [0.1, 0.15) is 6.54 Å². The Morgan fingerprint density at radius 1 is 1.47 bits per heavy atom. The van der Waals surface area contributed by atoms with Gasteiger partial charge in [-0.05, 0) is 13.3 Å². The molecule has 102 valence electrons. The minimum atomic E-state index is -0.435. The van der Waals surface area contributed by atoms with Gasteiger partial charge in [0, 0.05) is 6.07 Å². The summed E-state index contributed by atoms with van der Waals surface area (Å²) in [5.74, 6) is 0.229. The first-order valence-electron chi connectivity index (χ1n) is 6.25. The van der Waals surface area contributed by atoms with Crippen molar-refractivity contribution in [3.63, 3.8) is 0 Å². The molecular formula is C12H16N4O3. The van der Waals surface area contributed by atoms with Gasteiger partial charge in [0.15, 0.2) is 11.5 Å². The number of aromatic nitrogens is 4. The van der Waals surface area contributed by atoms with Crippen LogP contribution in [0.4, 0.5) is 0 Å². The second-order valence-corrected chi connectivity index (χ2v) is 3.99. The van der Waals surface area contributed by atoms with Crippen LogP contribution in [0, 0.1) is 0 Å². The van der Waals surface area contributed by atoms with E-state index in [1.807, 2.05) is 6.92 Å². The van der Waals surface area contributed by atoms with E-state index in [4.69, 9.17) is 9.26 Å². The number of hydrogen-bond donors (Lipinski definition) is 0. The van der Waals surface area contributed by atoms with Crippen molar-refractivity contribution < 1.29 is 14.1 Å². The summed E-state index contributed by atoms with van der Waals surface area (Å²) in [4.78, 5) is 11.8. The van der Waals surface area contributed by atoms with Crippen LogP contribution in [0.1, 0.15) is 42.2 Å². The van der Waals surface area contributed by atoms with Crippen LogP contribution in [0.3, 0.4) is 0 Å². The minimum Gasteiger partial charge on any atom is -0.461 e. The zero-order valence-electron chi connectivity index (χ0n) is 11.0. The fourth-order valence-electron chi connectivity index (χ4n) is 1.77. The van der Waals surface area contributed by atoms with Gasteiger partial charge in [-0.15, -0.1) is 5.10 Å². The number of ether oxygens (including phenoxy) is 1. The molecule has 0 aliphatic rings. The Hall–Kier alpha value is -2.18. The van der Waals surface area contributed by atoms with E-state index < -0.39 is 5.97 Å². The van der Waals surface area contributed by atoms with Crippen molar-refractivity contribution in [2.75, 3.05) is 6.61 Å². The first-order valence-corrected chi connectivity index (χ1v) is 6.25. The Labute approximate surface area is 110 Å². The number of rotatable bonds is 6. The third kappa shape index (κ3) is 2.98. The van der Waals surface area contributed by atoms with Crippen LogP contribution in [-0.4, -0.2) is 32.7 Å². The molecule has 0 aliphatic carbocycles. The maximum Gasteiger partial charge on any atom is 0.360 e. The second-order valence-electron chi connectivity index (χ2n) is 3.99. The molecule has 0 radical (unpaired) electrons. The van der Waals surface area contributed by atoms with Crippen molar-refractivity contribution in [3.8, 4) is 0 Å².